The van der Waals surface area contributed by atoms with E-state index < -0.39 is 11.5 Å². The predicted octanol–water partition coefficient (Wildman–Crippen LogP) is 2.20. The van der Waals surface area contributed by atoms with Gasteiger partial charge < -0.3 is 16.0 Å². The average Bonchev–Trinajstić information content (AvgIpc) is 2.59. The zero-order valence-corrected chi connectivity index (χ0v) is 13.9. The van der Waals surface area contributed by atoms with Gasteiger partial charge in [-0.1, -0.05) is 31.2 Å². The number of hydrogen-bond acceptors (Lipinski definition) is 3. The lowest BCUT2D eigenvalue weighted by molar-refractivity contribution is 0.0998. The zero-order valence-electron chi connectivity index (χ0n) is 13.9. The lowest BCUT2D eigenvalue weighted by Gasteiger charge is -2.26. The molecule has 0 fully saturated rings. The van der Waals surface area contributed by atoms with Gasteiger partial charge in [-0.05, 0) is 48.4 Å². The van der Waals surface area contributed by atoms with E-state index in [1.807, 2.05) is 0 Å². The maximum Gasteiger partial charge on any atom is 0.261 e. The molecule has 0 aliphatic heterocycles. The smallest absolute Gasteiger partial charge is 0.261 e. The molecule has 1 amide bonds. The molecule has 1 aromatic heterocycles. The lowest BCUT2D eigenvalue weighted by Crippen LogP contribution is -2.31. The van der Waals surface area contributed by atoms with E-state index in [9.17, 15) is 9.59 Å². The van der Waals surface area contributed by atoms with E-state index in [2.05, 4.69) is 41.5 Å². The van der Waals surface area contributed by atoms with Crippen LogP contribution in [0.3, 0.4) is 0 Å². The highest BCUT2D eigenvalue weighted by Crippen LogP contribution is 2.28. The molecule has 3 rings (SSSR count). The minimum absolute atomic E-state index is 0.0368. The number of aromatic amines is 1. The lowest BCUT2D eigenvalue weighted by atomic mass is 9.90. The first-order valence-corrected chi connectivity index (χ1v) is 8.45. The molecule has 24 heavy (non-hydrogen) atoms. The van der Waals surface area contributed by atoms with Crippen LogP contribution >= 0.6 is 0 Å². The van der Waals surface area contributed by atoms with Crippen molar-refractivity contribution in [2.24, 2.45) is 5.73 Å². The van der Waals surface area contributed by atoms with Crippen LogP contribution in [0.5, 0.6) is 0 Å². The summed E-state index contributed by atoms with van der Waals surface area (Å²) in [5.74, 6) is -0.682. The quantitative estimate of drug-likeness (QED) is 0.787. The number of amides is 1. The summed E-state index contributed by atoms with van der Waals surface area (Å²) < 4.78 is 0. The van der Waals surface area contributed by atoms with E-state index in [0.29, 0.717) is 0 Å². The van der Waals surface area contributed by atoms with Gasteiger partial charge >= 0.3 is 0 Å². The SMILES string of the molecule is CCc1ccc(CNC2CCCc3[nH]c(=O)c(C(N)=O)cc32)cc1. The molecule has 0 spiro atoms. The molecule has 1 unspecified atom stereocenters. The molecule has 0 saturated heterocycles. The fraction of sp³-hybridized carbons (Fsp3) is 0.368. The standard InChI is InChI=1S/C19H23N3O2/c1-2-12-6-8-13(9-7-12)11-21-16-4-3-5-17-14(16)10-15(18(20)23)19(24)22-17/h6-10,16,21H,2-5,11H2,1H3,(H2,20,23)(H,22,24). The van der Waals surface area contributed by atoms with Crippen LogP contribution in [0.15, 0.2) is 35.1 Å². The molecule has 1 aliphatic carbocycles. The van der Waals surface area contributed by atoms with Crippen LogP contribution in [0.25, 0.3) is 0 Å². The zero-order chi connectivity index (χ0) is 17.1. The number of aromatic nitrogens is 1. The summed E-state index contributed by atoms with van der Waals surface area (Å²) in [6, 6.07) is 10.3. The second-order valence-electron chi connectivity index (χ2n) is 6.31. The number of nitrogens with two attached hydrogens (primary N) is 1. The maximum absolute atomic E-state index is 11.9. The Morgan fingerprint density at radius 3 is 2.67 bits per heavy atom. The fourth-order valence-corrected chi connectivity index (χ4v) is 3.27. The first kappa shape index (κ1) is 16.5. The number of carbonyl (C=O) groups is 1. The Balaban J connectivity index is 1.79. The van der Waals surface area contributed by atoms with Gasteiger partial charge in [0.15, 0.2) is 0 Å². The van der Waals surface area contributed by atoms with Crippen LogP contribution in [0.1, 0.15) is 58.5 Å². The summed E-state index contributed by atoms with van der Waals surface area (Å²) in [6.45, 7) is 2.89. The second kappa shape index (κ2) is 7.01. The van der Waals surface area contributed by atoms with Gasteiger partial charge in [-0.3, -0.25) is 9.59 Å². The molecule has 0 radical (unpaired) electrons. The molecule has 0 saturated carbocycles. The molecule has 2 aromatic rings. The topological polar surface area (TPSA) is 88.0 Å². The number of fused-ring (bicyclic) bond motifs is 1. The predicted molar refractivity (Wildman–Crippen MR) is 93.9 cm³/mol. The number of nitrogens with one attached hydrogen (secondary N) is 2. The highest BCUT2D eigenvalue weighted by molar-refractivity contribution is 5.92. The third kappa shape index (κ3) is 3.41. The van der Waals surface area contributed by atoms with E-state index in [-0.39, 0.29) is 11.6 Å². The van der Waals surface area contributed by atoms with Crippen LogP contribution in [-0.4, -0.2) is 10.9 Å². The molecule has 1 heterocycles. The van der Waals surface area contributed by atoms with Crippen molar-refractivity contribution in [1.82, 2.24) is 10.3 Å². The normalized spacial score (nSPS) is 16.6. The van der Waals surface area contributed by atoms with E-state index in [0.717, 1.165) is 43.5 Å². The molecule has 1 aromatic carbocycles. The molecule has 1 atom stereocenters. The maximum atomic E-state index is 11.9. The van der Waals surface area contributed by atoms with Gasteiger partial charge in [0.25, 0.3) is 11.5 Å². The number of benzene rings is 1. The third-order valence-corrected chi connectivity index (χ3v) is 4.70. The van der Waals surface area contributed by atoms with Crippen molar-refractivity contribution >= 4 is 5.91 Å². The van der Waals surface area contributed by atoms with Crippen molar-refractivity contribution in [3.05, 3.63) is 68.6 Å². The molecule has 1 aliphatic rings. The van der Waals surface area contributed by atoms with Gasteiger partial charge in [-0.15, -0.1) is 0 Å². The summed E-state index contributed by atoms with van der Waals surface area (Å²) in [4.78, 5) is 26.2. The van der Waals surface area contributed by atoms with E-state index in [4.69, 9.17) is 5.73 Å². The number of aryl methyl sites for hydroxylation is 2. The monoisotopic (exact) mass is 325 g/mol. The summed E-state index contributed by atoms with van der Waals surface area (Å²) in [6.07, 6.45) is 3.84. The Morgan fingerprint density at radius 2 is 2.00 bits per heavy atom. The Morgan fingerprint density at radius 1 is 1.29 bits per heavy atom. The van der Waals surface area contributed by atoms with Gasteiger partial charge in [-0.2, -0.15) is 0 Å². The number of hydrogen-bond donors (Lipinski definition) is 3. The number of carbonyl (C=O) groups excluding carboxylic acids is 1. The third-order valence-electron chi connectivity index (χ3n) is 4.70. The van der Waals surface area contributed by atoms with Crippen LogP contribution in [-0.2, 0) is 19.4 Å². The van der Waals surface area contributed by atoms with Crippen molar-refractivity contribution < 1.29 is 4.79 Å². The summed E-state index contributed by atoms with van der Waals surface area (Å²) in [5, 5.41) is 3.54. The van der Waals surface area contributed by atoms with Crippen LogP contribution in [0, 0.1) is 0 Å². The number of primary amides is 1. The highest BCUT2D eigenvalue weighted by atomic mass is 16.2. The molecule has 0 bridgehead atoms. The Bertz CT molecular complexity index is 793. The summed E-state index contributed by atoms with van der Waals surface area (Å²) in [5.41, 5.74) is 9.40. The molecule has 126 valence electrons. The second-order valence-corrected chi connectivity index (χ2v) is 6.31. The number of pyridine rings is 1. The fourth-order valence-electron chi connectivity index (χ4n) is 3.27. The van der Waals surface area contributed by atoms with Crippen LogP contribution in [0.2, 0.25) is 0 Å². The van der Waals surface area contributed by atoms with Crippen molar-refractivity contribution in [1.29, 1.82) is 0 Å². The van der Waals surface area contributed by atoms with E-state index in [1.54, 1.807) is 6.07 Å². The van der Waals surface area contributed by atoms with E-state index >= 15 is 0 Å². The molecular formula is C19H23N3O2. The molecular weight excluding hydrogens is 302 g/mol. The minimum atomic E-state index is -0.682. The number of H-pyrrole nitrogens is 1. The molecule has 4 N–H and O–H groups in total. The van der Waals surface area contributed by atoms with Gasteiger partial charge in [0.2, 0.25) is 0 Å². The molecule has 5 nitrogen and oxygen atoms in total. The molecule has 5 heteroatoms. The average molecular weight is 325 g/mol. The van der Waals surface area contributed by atoms with Crippen LogP contribution < -0.4 is 16.6 Å². The highest BCUT2D eigenvalue weighted by Gasteiger charge is 2.23. The van der Waals surface area contributed by atoms with Crippen molar-refractivity contribution in [3.8, 4) is 0 Å². The Kier molecular flexibility index (Phi) is 4.81. The first-order valence-electron chi connectivity index (χ1n) is 8.45. The van der Waals surface area contributed by atoms with Crippen molar-refractivity contribution in [2.45, 2.75) is 45.2 Å². The summed E-state index contributed by atoms with van der Waals surface area (Å²) >= 11 is 0. The van der Waals surface area contributed by atoms with Gasteiger partial charge in [-0.25, -0.2) is 0 Å². The Labute approximate surface area is 141 Å². The van der Waals surface area contributed by atoms with E-state index in [1.165, 1.54) is 11.1 Å². The van der Waals surface area contributed by atoms with Gasteiger partial charge in [0.1, 0.15) is 5.56 Å². The van der Waals surface area contributed by atoms with Crippen molar-refractivity contribution in [2.75, 3.05) is 0 Å². The number of rotatable bonds is 5. The van der Waals surface area contributed by atoms with Gasteiger partial charge in [0.05, 0.1) is 0 Å². The minimum Gasteiger partial charge on any atom is -0.365 e. The Hall–Kier alpha value is -2.40. The van der Waals surface area contributed by atoms with Crippen molar-refractivity contribution in [3.63, 3.8) is 0 Å². The largest absolute Gasteiger partial charge is 0.365 e. The van der Waals surface area contributed by atoms with Gasteiger partial charge in [0, 0.05) is 18.3 Å². The first-order chi connectivity index (χ1) is 11.6. The van der Waals surface area contributed by atoms with Crippen LogP contribution in [0.4, 0.5) is 0 Å². The summed E-state index contributed by atoms with van der Waals surface area (Å²) in [7, 11) is 0.